The summed E-state index contributed by atoms with van der Waals surface area (Å²) in [5.74, 6) is -1.22. The Morgan fingerprint density at radius 2 is 1.96 bits per heavy atom. The van der Waals surface area contributed by atoms with Crippen molar-refractivity contribution in [1.29, 1.82) is 0 Å². The second-order valence-corrected chi connectivity index (χ2v) is 5.40. The lowest BCUT2D eigenvalue weighted by molar-refractivity contribution is -0.116. The second kappa shape index (κ2) is 8.31. The molecule has 0 aliphatic rings. The van der Waals surface area contributed by atoms with Gasteiger partial charge in [0.15, 0.2) is 11.6 Å². The van der Waals surface area contributed by atoms with Gasteiger partial charge in [-0.2, -0.15) is 0 Å². The summed E-state index contributed by atoms with van der Waals surface area (Å²) in [6, 6.07) is 10.5. The highest BCUT2D eigenvalue weighted by Gasteiger charge is 2.09. The van der Waals surface area contributed by atoms with Crippen LogP contribution in [0.25, 0.3) is 0 Å². The van der Waals surface area contributed by atoms with Crippen LogP contribution >= 0.6 is 11.6 Å². The largest absolute Gasteiger partial charge is 0.491 e. The number of halogens is 2. The first-order chi connectivity index (χ1) is 11.5. The van der Waals surface area contributed by atoms with Gasteiger partial charge in [-0.25, -0.2) is 4.39 Å². The van der Waals surface area contributed by atoms with Gasteiger partial charge in [0, 0.05) is 12.1 Å². The number of amides is 2. The van der Waals surface area contributed by atoms with Gasteiger partial charge >= 0.3 is 0 Å². The van der Waals surface area contributed by atoms with Crippen LogP contribution in [0.5, 0.6) is 5.75 Å². The molecule has 2 aromatic carbocycles. The van der Waals surface area contributed by atoms with E-state index in [1.165, 1.54) is 24.3 Å². The van der Waals surface area contributed by atoms with Gasteiger partial charge < -0.3 is 15.8 Å². The van der Waals surface area contributed by atoms with Gasteiger partial charge in [-0.15, -0.1) is 0 Å². The van der Waals surface area contributed by atoms with E-state index in [1.807, 2.05) is 0 Å². The first-order valence-electron chi connectivity index (χ1n) is 7.24. The minimum atomic E-state index is -0.672. The average Bonchev–Trinajstić information content (AvgIpc) is 2.54. The Labute approximate surface area is 143 Å². The average molecular weight is 351 g/mol. The number of nitrogens with two attached hydrogens (primary N) is 1. The molecule has 0 aliphatic carbocycles. The maximum absolute atomic E-state index is 13.3. The van der Waals surface area contributed by atoms with Crippen LogP contribution in [0.4, 0.5) is 10.1 Å². The van der Waals surface area contributed by atoms with E-state index in [4.69, 9.17) is 22.1 Å². The number of hydrogen-bond donors (Lipinski definition) is 2. The minimum Gasteiger partial charge on any atom is -0.491 e. The molecule has 2 rings (SSSR count). The number of nitrogens with one attached hydrogen (secondary N) is 1. The molecular formula is C17H16ClFN2O3. The summed E-state index contributed by atoms with van der Waals surface area (Å²) in [5, 5.41) is 2.86. The van der Waals surface area contributed by atoms with Crippen LogP contribution in [0.3, 0.4) is 0 Å². The fraction of sp³-hybridized carbons (Fsp3) is 0.176. The van der Waals surface area contributed by atoms with Crippen LogP contribution in [-0.2, 0) is 4.79 Å². The standard InChI is InChI=1S/C17H16ClFN2O3/c18-13-8-7-11(10-12(13)17(20)23)21-16(22)6-3-9-24-15-5-2-1-4-14(15)19/h1-2,4-5,7-8,10H,3,6,9H2,(H2,20,23)(H,21,22). The molecule has 3 N–H and O–H groups in total. The van der Waals surface area contributed by atoms with E-state index in [-0.39, 0.29) is 35.3 Å². The van der Waals surface area contributed by atoms with Crippen molar-refractivity contribution in [2.24, 2.45) is 5.73 Å². The highest BCUT2D eigenvalue weighted by Crippen LogP contribution is 2.20. The number of benzene rings is 2. The molecule has 126 valence electrons. The van der Waals surface area contributed by atoms with Crippen LogP contribution in [-0.4, -0.2) is 18.4 Å². The van der Waals surface area contributed by atoms with Gasteiger partial charge in [0.05, 0.1) is 17.2 Å². The zero-order chi connectivity index (χ0) is 17.5. The van der Waals surface area contributed by atoms with Crippen LogP contribution in [0, 0.1) is 5.82 Å². The van der Waals surface area contributed by atoms with E-state index in [2.05, 4.69) is 5.32 Å². The molecule has 0 aliphatic heterocycles. The third-order valence-electron chi connectivity index (χ3n) is 3.16. The number of carbonyl (C=O) groups excluding carboxylic acids is 2. The Kier molecular flexibility index (Phi) is 6.14. The molecule has 0 bridgehead atoms. The van der Waals surface area contributed by atoms with Crippen molar-refractivity contribution in [1.82, 2.24) is 0 Å². The quantitative estimate of drug-likeness (QED) is 0.751. The lowest BCUT2D eigenvalue weighted by Crippen LogP contribution is -2.15. The molecule has 2 aromatic rings. The Hall–Kier alpha value is -2.60. The van der Waals surface area contributed by atoms with E-state index in [0.29, 0.717) is 12.1 Å². The Bertz CT molecular complexity index is 752. The van der Waals surface area contributed by atoms with Gasteiger partial charge in [-0.3, -0.25) is 9.59 Å². The smallest absolute Gasteiger partial charge is 0.250 e. The monoisotopic (exact) mass is 350 g/mol. The van der Waals surface area contributed by atoms with Crippen LogP contribution in [0.15, 0.2) is 42.5 Å². The number of ether oxygens (including phenoxy) is 1. The SMILES string of the molecule is NC(=O)c1cc(NC(=O)CCCOc2ccccc2F)ccc1Cl. The van der Waals surface area contributed by atoms with Crippen LogP contribution in [0.1, 0.15) is 23.2 Å². The highest BCUT2D eigenvalue weighted by molar-refractivity contribution is 6.33. The Morgan fingerprint density at radius 3 is 2.67 bits per heavy atom. The summed E-state index contributed by atoms with van der Waals surface area (Å²) in [7, 11) is 0. The Balaban J connectivity index is 1.80. The number of anilines is 1. The van der Waals surface area contributed by atoms with Gasteiger partial charge in [0.2, 0.25) is 11.8 Å². The first kappa shape index (κ1) is 17.7. The van der Waals surface area contributed by atoms with E-state index in [1.54, 1.807) is 18.2 Å². The summed E-state index contributed by atoms with van der Waals surface area (Å²) in [4.78, 5) is 23.1. The molecule has 0 unspecified atom stereocenters. The lowest BCUT2D eigenvalue weighted by Gasteiger charge is -2.09. The van der Waals surface area contributed by atoms with Gasteiger partial charge in [0.25, 0.3) is 0 Å². The molecule has 0 fully saturated rings. The molecule has 0 spiro atoms. The molecule has 2 amide bonds. The molecule has 0 saturated carbocycles. The zero-order valence-electron chi connectivity index (χ0n) is 12.7. The third kappa shape index (κ3) is 4.96. The predicted molar refractivity (Wildman–Crippen MR) is 89.7 cm³/mol. The molecule has 24 heavy (non-hydrogen) atoms. The van der Waals surface area contributed by atoms with Crippen molar-refractivity contribution in [3.05, 3.63) is 58.9 Å². The van der Waals surface area contributed by atoms with Gasteiger partial charge in [-0.1, -0.05) is 23.7 Å². The number of para-hydroxylation sites is 1. The normalized spacial score (nSPS) is 10.2. The van der Waals surface area contributed by atoms with E-state index < -0.39 is 11.7 Å². The van der Waals surface area contributed by atoms with E-state index in [0.717, 1.165) is 0 Å². The molecule has 5 nitrogen and oxygen atoms in total. The van der Waals surface area contributed by atoms with Crippen LogP contribution < -0.4 is 15.8 Å². The fourth-order valence-corrected chi connectivity index (χ4v) is 2.20. The molecule has 7 heteroatoms. The minimum absolute atomic E-state index is 0.136. The summed E-state index contributed by atoms with van der Waals surface area (Å²) in [6.45, 7) is 0.210. The molecule has 0 saturated heterocycles. The maximum Gasteiger partial charge on any atom is 0.250 e. The lowest BCUT2D eigenvalue weighted by atomic mass is 10.2. The van der Waals surface area contributed by atoms with Gasteiger partial charge in [-0.05, 0) is 36.8 Å². The van der Waals surface area contributed by atoms with Crippen molar-refractivity contribution in [2.45, 2.75) is 12.8 Å². The highest BCUT2D eigenvalue weighted by atomic mass is 35.5. The molecule has 0 heterocycles. The summed E-state index contributed by atoms with van der Waals surface area (Å²) in [5.41, 5.74) is 5.76. The molecule has 0 atom stereocenters. The summed E-state index contributed by atoms with van der Waals surface area (Å²) in [6.07, 6.45) is 0.597. The number of hydrogen-bond acceptors (Lipinski definition) is 3. The molecular weight excluding hydrogens is 335 g/mol. The fourth-order valence-electron chi connectivity index (χ4n) is 1.99. The van der Waals surface area contributed by atoms with Crippen molar-refractivity contribution in [2.75, 3.05) is 11.9 Å². The van der Waals surface area contributed by atoms with Crippen molar-refractivity contribution < 1.29 is 18.7 Å². The number of carbonyl (C=O) groups is 2. The first-order valence-corrected chi connectivity index (χ1v) is 7.61. The van der Waals surface area contributed by atoms with Crippen molar-refractivity contribution in [3.63, 3.8) is 0 Å². The van der Waals surface area contributed by atoms with E-state index in [9.17, 15) is 14.0 Å². The summed E-state index contributed by atoms with van der Waals surface area (Å²) < 4.78 is 18.6. The third-order valence-corrected chi connectivity index (χ3v) is 3.49. The molecule has 0 aromatic heterocycles. The van der Waals surface area contributed by atoms with Crippen molar-refractivity contribution >= 4 is 29.1 Å². The van der Waals surface area contributed by atoms with Gasteiger partial charge in [0.1, 0.15) is 0 Å². The van der Waals surface area contributed by atoms with Crippen molar-refractivity contribution in [3.8, 4) is 5.75 Å². The van der Waals surface area contributed by atoms with E-state index >= 15 is 0 Å². The molecule has 0 radical (unpaired) electrons. The maximum atomic E-state index is 13.3. The predicted octanol–water partition coefficient (Wildman–Crippen LogP) is 3.38. The Morgan fingerprint density at radius 1 is 1.21 bits per heavy atom. The number of primary amides is 1. The summed E-state index contributed by atoms with van der Waals surface area (Å²) >= 11 is 5.84. The second-order valence-electron chi connectivity index (χ2n) is 4.99. The van der Waals surface area contributed by atoms with Crippen LogP contribution in [0.2, 0.25) is 5.02 Å². The number of rotatable bonds is 7. The zero-order valence-corrected chi connectivity index (χ0v) is 13.5. The topological polar surface area (TPSA) is 81.4 Å².